The van der Waals surface area contributed by atoms with Crippen LogP contribution in [-0.4, -0.2) is 22.4 Å². The van der Waals surface area contributed by atoms with Crippen molar-refractivity contribution >= 4 is 17.6 Å². The molecule has 1 heterocycles. The number of hydrogen-bond acceptors (Lipinski definition) is 3. The van der Waals surface area contributed by atoms with Crippen LogP contribution in [0.2, 0.25) is 5.02 Å². The Kier molecular flexibility index (Phi) is 4.15. The topological polar surface area (TPSA) is 44.1 Å². The van der Waals surface area contributed by atoms with Gasteiger partial charge in [-0.05, 0) is 20.8 Å². The molecule has 1 rings (SSSR count). The molecule has 0 bridgehead atoms. The van der Waals surface area contributed by atoms with Crippen molar-refractivity contribution in [3.05, 3.63) is 16.9 Å². The van der Waals surface area contributed by atoms with Gasteiger partial charge in [0.2, 0.25) is 0 Å². The number of aryl methyl sites for hydroxylation is 1. The lowest BCUT2D eigenvalue weighted by Crippen LogP contribution is -2.13. The Balaban J connectivity index is 2.60. The van der Waals surface area contributed by atoms with Gasteiger partial charge in [-0.1, -0.05) is 11.6 Å². The molecule has 5 heteroatoms. The van der Waals surface area contributed by atoms with Crippen LogP contribution < -0.4 is 0 Å². The van der Waals surface area contributed by atoms with E-state index in [4.69, 9.17) is 16.3 Å². The van der Waals surface area contributed by atoms with Crippen LogP contribution in [-0.2, 0) is 9.53 Å². The van der Waals surface area contributed by atoms with E-state index in [9.17, 15) is 4.79 Å². The first kappa shape index (κ1) is 12.0. The number of aromatic nitrogens is 2. The van der Waals surface area contributed by atoms with Crippen LogP contribution in [0.3, 0.4) is 0 Å². The number of esters is 1. The zero-order valence-electron chi connectivity index (χ0n) is 9.16. The van der Waals surface area contributed by atoms with E-state index in [1.807, 2.05) is 13.8 Å². The van der Waals surface area contributed by atoms with E-state index in [-0.39, 0.29) is 12.0 Å². The van der Waals surface area contributed by atoms with Crippen LogP contribution in [0.15, 0.2) is 6.20 Å². The van der Waals surface area contributed by atoms with Gasteiger partial charge in [0.25, 0.3) is 0 Å². The summed E-state index contributed by atoms with van der Waals surface area (Å²) >= 11 is 5.87. The highest BCUT2D eigenvalue weighted by atomic mass is 35.5. The Labute approximate surface area is 94.2 Å². The molecule has 0 saturated heterocycles. The van der Waals surface area contributed by atoms with Gasteiger partial charge in [0, 0.05) is 6.20 Å². The summed E-state index contributed by atoms with van der Waals surface area (Å²) in [5, 5.41) is 4.82. The molecule has 1 aromatic heterocycles. The predicted molar refractivity (Wildman–Crippen MR) is 57.9 cm³/mol. The third-order valence-electron chi connectivity index (χ3n) is 2.08. The van der Waals surface area contributed by atoms with Crippen molar-refractivity contribution in [2.75, 3.05) is 6.61 Å². The molecule has 0 fully saturated rings. The zero-order chi connectivity index (χ0) is 11.4. The number of carbonyl (C=O) groups is 1. The van der Waals surface area contributed by atoms with Crippen molar-refractivity contribution in [2.45, 2.75) is 33.2 Å². The third-order valence-corrected chi connectivity index (χ3v) is 2.45. The second-order valence-corrected chi connectivity index (χ2v) is 3.81. The van der Waals surface area contributed by atoms with Gasteiger partial charge >= 0.3 is 5.97 Å². The van der Waals surface area contributed by atoms with Crippen LogP contribution in [0.25, 0.3) is 0 Å². The fourth-order valence-electron chi connectivity index (χ4n) is 1.24. The first-order valence-electron chi connectivity index (χ1n) is 4.91. The number of carbonyl (C=O) groups excluding carboxylic acids is 1. The Morgan fingerprint density at radius 1 is 1.73 bits per heavy atom. The van der Waals surface area contributed by atoms with Gasteiger partial charge in [-0.25, -0.2) is 0 Å². The highest BCUT2D eigenvalue weighted by Gasteiger charge is 2.13. The Hall–Kier alpha value is -1.03. The summed E-state index contributed by atoms with van der Waals surface area (Å²) in [6.07, 6.45) is 2.03. The lowest BCUT2D eigenvalue weighted by Gasteiger charge is -2.10. The number of nitrogens with zero attached hydrogens (tertiary/aromatic N) is 2. The summed E-state index contributed by atoms with van der Waals surface area (Å²) in [5.74, 6) is -0.214. The smallest absolute Gasteiger partial charge is 0.307 e. The van der Waals surface area contributed by atoms with Crippen molar-refractivity contribution in [1.82, 2.24) is 9.78 Å². The maximum atomic E-state index is 11.2. The quantitative estimate of drug-likeness (QED) is 0.746. The molecule has 1 atom stereocenters. The summed E-state index contributed by atoms with van der Waals surface area (Å²) in [6, 6.07) is -0.0322. The number of ether oxygens (including phenoxy) is 1. The molecule has 4 nitrogen and oxygen atoms in total. The molecule has 0 spiro atoms. The minimum absolute atomic E-state index is 0.0322. The van der Waals surface area contributed by atoms with Crippen molar-refractivity contribution in [1.29, 1.82) is 0 Å². The van der Waals surface area contributed by atoms with Crippen LogP contribution >= 0.6 is 11.6 Å². The van der Waals surface area contributed by atoms with Gasteiger partial charge in [0.1, 0.15) is 0 Å². The van der Waals surface area contributed by atoms with E-state index in [0.29, 0.717) is 18.1 Å². The van der Waals surface area contributed by atoms with E-state index < -0.39 is 0 Å². The summed E-state index contributed by atoms with van der Waals surface area (Å²) in [4.78, 5) is 11.2. The average molecular weight is 231 g/mol. The van der Waals surface area contributed by atoms with Gasteiger partial charge in [-0.3, -0.25) is 9.48 Å². The van der Waals surface area contributed by atoms with E-state index in [1.54, 1.807) is 17.8 Å². The van der Waals surface area contributed by atoms with E-state index in [2.05, 4.69) is 5.10 Å². The van der Waals surface area contributed by atoms with Gasteiger partial charge in [0.15, 0.2) is 0 Å². The summed E-state index contributed by atoms with van der Waals surface area (Å²) in [5.41, 5.74) is 0.771. The van der Waals surface area contributed by atoms with Crippen LogP contribution in [0.5, 0.6) is 0 Å². The standard InChI is InChI=1S/C10H15ClN2O2/c1-4-15-10(14)5-7(2)13-6-9(11)8(3)12-13/h6-7H,4-5H2,1-3H3. The molecule has 1 unspecified atom stereocenters. The average Bonchev–Trinajstić information content (AvgIpc) is 2.47. The molecule has 0 aliphatic rings. The molecule has 1 aromatic rings. The normalized spacial score (nSPS) is 12.5. The molecule has 0 aliphatic heterocycles. The Morgan fingerprint density at radius 3 is 2.87 bits per heavy atom. The SMILES string of the molecule is CCOC(=O)CC(C)n1cc(Cl)c(C)n1. The highest BCUT2D eigenvalue weighted by molar-refractivity contribution is 6.31. The van der Waals surface area contributed by atoms with E-state index >= 15 is 0 Å². The van der Waals surface area contributed by atoms with E-state index in [1.165, 1.54) is 0 Å². The highest BCUT2D eigenvalue weighted by Crippen LogP contribution is 2.17. The second-order valence-electron chi connectivity index (χ2n) is 3.40. The maximum Gasteiger partial charge on any atom is 0.307 e. The van der Waals surface area contributed by atoms with Crippen LogP contribution in [0.1, 0.15) is 32.0 Å². The molecular formula is C10H15ClN2O2. The van der Waals surface area contributed by atoms with E-state index in [0.717, 1.165) is 5.69 Å². The molecule has 0 N–H and O–H groups in total. The van der Waals surface area contributed by atoms with Gasteiger partial charge in [0.05, 0.1) is 29.8 Å². The summed E-state index contributed by atoms with van der Waals surface area (Å²) < 4.78 is 6.55. The van der Waals surface area contributed by atoms with Gasteiger partial charge in [-0.15, -0.1) is 0 Å². The lowest BCUT2D eigenvalue weighted by atomic mass is 10.2. The molecule has 15 heavy (non-hydrogen) atoms. The maximum absolute atomic E-state index is 11.2. The molecule has 84 valence electrons. The molecule has 0 amide bonds. The van der Waals surface area contributed by atoms with Crippen LogP contribution in [0, 0.1) is 6.92 Å². The molecule has 0 aromatic carbocycles. The summed E-state index contributed by atoms with van der Waals surface area (Å²) in [6.45, 7) is 5.93. The minimum atomic E-state index is -0.214. The molecule has 0 radical (unpaired) electrons. The molecule has 0 saturated carbocycles. The van der Waals surface area contributed by atoms with Gasteiger partial charge in [-0.2, -0.15) is 5.10 Å². The predicted octanol–water partition coefficient (Wildman–Crippen LogP) is 2.36. The number of halogens is 1. The number of rotatable bonds is 4. The first-order chi connectivity index (χ1) is 7.04. The zero-order valence-corrected chi connectivity index (χ0v) is 9.91. The molecule has 0 aliphatic carbocycles. The minimum Gasteiger partial charge on any atom is -0.466 e. The van der Waals surface area contributed by atoms with Crippen molar-refractivity contribution < 1.29 is 9.53 Å². The van der Waals surface area contributed by atoms with Crippen molar-refractivity contribution in [2.24, 2.45) is 0 Å². The Morgan fingerprint density at radius 2 is 2.40 bits per heavy atom. The number of hydrogen-bond donors (Lipinski definition) is 0. The fraction of sp³-hybridized carbons (Fsp3) is 0.600. The largest absolute Gasteiger partial charge is 0.466 e. The fourth-order valence-corrected chi connectivity index (χ4v) is 1.38. The first-order valence-corrected chi connectivity index (χ1v) is 5.29. The van der Waals surface area contributed by atoms with Crippen molar-refractivity contribution in [3.63, 3.8) is 0 Å². The lowest BCUT2D eigenvalue weighted by molar-refractivity contribution is -0.143. The van der Waals surface area contributed by atoms with Crippen molar-refractivity contribution in [3.8, 4) is 0 Å². The Bertz CT molecular complexity index is 330. The summed E-state index contributed by atoms with van der Waals surface area (Å²) in [7, 11) is 0. The second kappa shape index (κ2) is 5.16. The van der Waals surface area contributed by atoms with Crippen LogP contribution in [0.4, 0.5) is 0 Å². The monoisotopic (exact) mass is 230 g/mol. The molecular weight excluding hydrogens is 216 g/mol. The third kappa shape index (κ3) is 3.23. The van der Waals surface area contributed by atoms with Gasteiger partial charge < -0.3 is 4.74 Å².